The van der Waals surface area contributed by atoms with Crippen LogP contribution in [0.3, 0.4) is 0 Å². The van der Waals surface area contributed by atoms with Crippen molar-refractivity contribution in [1.82, 2.24) is 30.4 Å². The van der Waals surface area contributed by atoms with Crippen LogP contribution in [-0.4, -0.2) is 32.2 Å². The van der Waals surface area contributed by atoms with Gasteiger partial charge in [0.1, 0.15) is 17.3 Å². The molecule has 1 aliphatic rings. The first-order chi connectivity index (χ1) is 14.6. The number of nitrogens with zero attached hydrogens (tertiary/aromatic N) is 4. The van der Waals surface area contributed by atoms with Gasteiger partial charge in [0.05, 0.1) is 18.1 Å². The Hall–Kier alpha value is -4.21. The molecular formula is C20H19FN8O. The molecule has 0 spiro atoms. The van der Waals surface area contributed by atoms with Crippen molar-refractivity contribution in [2.24, 2.45) is 5.73 Å². The van der Waals surface area contributed by atoms with E-state index in [1.54, 1.807) is 24.5 Å². The monoisotopic (exact) mass is 406 g/mol. The molecule has 30 heavy (non-hydrogen) atoms. The number of carbonyl (C=O) groups excluding carboxylic acids is 1. The highest BCUT2D eigenvalue weighted by molar-refractivity contribution is 6.02. The molecule has 0 unspecified atom stereocenters. The van der Waals surface area contributed by atoms with E-state index in [2.05, 4.69) is 31.0 Å². The average Bonchev–Trinajstić information content (AvgIpc) is 3.30. The Labute approximate surface area is 171 Å². The number of anilines is 1. The van der Waals surface area contributed by atoms with Gasteiger partial charge in [-0.1, -0.05) is 6.08 Å². The molecule has 0 radical (unpaired) electrons. The SMILES string of the molecule is NC1=C(NCc2cc(NC(=O)c3cnc(-n4cccn4)cn3)ccc2F)C=CCN1. The van der Waals surface area contributed by atoms with Crippen LogP contribution in [-0.2, 0) is 6.54 Å². The molecule has 0 saturated heterocycles. The summed E-state index contributed by atoms with van der Waals surface area (Å²) < 4.78 is 15.7. The minimum absolute atomic E-state index is 0.131. The predicted octanol–water partition coefficient (Wildman–Crippen LogP) is 1.43. The minimum Gasteiger partial charge on any atom is -0.384 e. The zero-order chi connectivity index (χ0) is 20.9. The second-order valence-electron chi connectivity index (χ2n) is 6.43. The third-order valence-electron chi connectivity index (χ3n) is 4.37. The van der Waals surface area contributed by atoms with Gasteiger partial charge in [0.15, 0.2) is 5.82 Å². The summed E-state index contributed by atoms with van der Waals surface area (Å²) in [6.45, 7) is 0.856. The fraction of sp³-hybridized carbons (Fsp3) is 0.100. The van der Waals surface area contributed by atoms with Gasteiger partial charge >= 0.3 is 0 Å². The molecule has 1 amide bonds. The van der Waals surface area contributed by atoms with Crippen molar-refractivity contribution in [1.29, 1.82) is 0 Å². The second-order valence-corrected chi connectivity index (χ2v) is 6.43. The largest absolute Gasteiger partial charge is 0.384 e. The lowest BCUT2D eigenvalue weighted by Crippen LogP contribution is -2.29. The van der Waals surface area contributed by atoms with Crippen LogP contribution < -0.4 is 21.7 Å². The Bertz CT molecular complexity index is 1110. The summed E-state index contributed by atoms with van der Waals surface area (Å²) >= 11 is 0. The molecule has 1 aromatic carbocycles. The van der Waals surface area contributed by atoms with Crippen LogP contribution in [0.5, 0.6) is 0 Å². The highest BCUT2D eigenvalue weighted by Crippen LogP contribution is 2.16. The van der Waals surface area contributed by atoms with Gasteiger partial charge in [-0.25, -0.2) is 19.0 Å². The fourth-order valence-electron chi connectivity index (χ4n) is 2.82. The van der Waals surface area contributed by atoms with E-state index in [-0.39, 0.29) is 12.2 Å². The molecule has 0 saturated carbocycles. The molecule has 3 heterocycles. The highest BCUT2D eigenvalue weighted by Gasteiger charge is 2.12. The molecule has 9 nitrogen and oxygen atoms in total. The summed E-state index contributed by atoms with van der Waals surface area (Å²) in [7, 11) is 0. The predicted molar refractivity (Wildman–Crippen MR) is 109 cm³/mol. The number of aromatic nitrogens is 4. The number of carbonyl (C=O) groups is 1. The van der Waals surface area contributed by atoms with E-state index in [1.165, 1.54) is 29.2 Å². The number of hydrogen-bond acceptors (Lipinski definition) is 7. The Morgan fingerprint density at radius 1 is 1.30 bits per heavy atom. The summed E-state index contributed by atoms with van der Waals surface area (Å²) in [5.41, 5.74) is 7.50. The van der Waals surface area contributed by atoms with Gasteiger partial charge in [-0.3, -0.25) is 4.79 Å². The van der Waals surface area contributed by atoms with Crippen molar-refractivity contribution < 1.29 is 9.18 Å². The summed E-state index contributed by atoms with van der Waals surface area (Å²) in [5.74, 6) is 0.146. The molecule has 0 bridgehead atoms. The lowest BCUT2D eigenvalue weighted by Gasteiger charge is -2.16. The molecule has 152 valence electrons. The number of nitrogens with one attached hydrogen (secondary N) is 3. The van der Waals surface area contributed by atoms with E-state index in [1.807, 2.05) is 12.2 Å². The van der Waals surface area contributed by atoms with Crippen LogP contribution >= 0.6 is 0 Å². The molecule has 4 rings (SSSR count). The van der Waals surface area contributed by atoms with Crippen molar-refractivity contribution in [3.05, 3.63) is 89.8 Å². The van der Waals surface area contributed by atoms with Gasteiger partial charge in [0, 0.05) is 36.7 Å². The molecule has 2 aromatic heterocycles. The maximum atomic E-state index is 14.2. The van der Waals surface area contributed by atoms with Gasteiger partial charge in [-0.05, 0) is 30.3 Å². The standard InChI is InChI=1S/C20H19FN8O/c21-15-5-4-14(9-13(15)10-24-16-3-1-6-23-19(16)22)28-20(30)17-11-26-18(12-25-17)29-8-2-7-27-29/h1-5,7-9,11-12,23-24H,6,10,22H2,(H,28,30). The fourth-order valence-corrected chi connectivity index (χ4v) is 2.82. The molecule has 0 fully saturated rings. The maximum absolute atomic E-state index is 14.2. The number of dihydropyridines is 1. The van der Waals surface area contributed by atoms with E-state index in [9.17, 15) is 9.18 Å². The molecule has 0 aliphatic carbocycles. The van der Waals surface area contributed by atoms with Crippen LogP contribution in [0.1, 0.15) is 16.1 Å². The smallest absolute Gasteiger partial charge is 0.275 e. The zero-order valence-electron chi connectivity index (χ0n) is 15.8. The Balaban J connectivity index is 1.43. The van der Waals surface area contributed by atoms with Crippen molar-refractivity contribution in [3.63, 3.8) is 0 Å². The van der Waals surface area contributed by atoms with Crippen LogP contribution in [0.25, 0.3) is 5.82 Å². The van der Waals surface area contributed by atoms with Gasteiger partial charge in [-0.2, -0.15) is 5.10 Å². The molecule has 10 heteroatoms. The first-order valence-electron chi connectivity index (χ1n) is 9.16. The van der Waals surface area contributed by atoms with Gasteiger partial charge < -0.3 is 21.7 Å². The van der Waals surface area contributed by atoms with Crippen molar-refractivity contribution in [2.75, 3.05) is 11.9 Å². The quantitative estimate of drug-likeness (QED) is 0.488. The summed E-state index contributed by atoms with van der Waals surface area (Å²) in [5, 5.41) is 12.8. The summed E-state index contributed by atoms with van der Waals surface area (Å²) in [4.78, 5) is 20.8. The molecule has 5 N–H and O–H groups in total. The first kappa shape index (κ1) is 19.1. The van der Waals surface area contributed by atoms with Crippen molar-refractivity contribution in [2.45, 2.75) is 6.54 Å². The van der Waals surface area contributed by atoms with Gasteiger partial charge in [0.25, 0.3) is 5.91 Å². The first-order valence-corrected chi connectivity index (χ1v) is 9.16. The van der Waals surface area contributed by atoms with Crippen LogP contribution in [0.2, 0.25) is 0 Å². The number of benzene rings is 1. The number of amides is 1. The topological polar surface area (TPSA) is 123 Å². The van der Waals surface area contributed by atoms with Crippen molar-refractivity contribution >= 4 is 11.6 Å². The average molecular weight is 406 g/mol. The lowest BCUT2D eigenvalue weighted by molar-refractivity contribution is 0.102. The van der Waals surface area contributed by atoms with E-state index in [0.29, 0.717) is 35.1 Å². The number of hydrogen-bond donors (Lipinski definition) is 4. The number of rotatable bonds is 6. The highest BCUT2D eigenvalue weighted by atomic mass is 19.1. The molecule has 3 aromatic rings. The van der Waals surface area contributed by atoms with Crippen LogP contribution in [0.4, 0.5) is 10.1 Å². The normalized spacial score (nSPS) is 13.1. The van der Waals surface area contributed by atoms with E-state index in [0.717, 1.165) is 0 Å². The maximum Gasteiger partial charge on any atom is 0.275 e. The number of nitrogens with two attached hydrogens (primary N) is 1. The Kier molecular flexibility index (Phi) is 5.37. The second kappa shape index (κ2) is 8.43. The molecule has 0 atom stereocenters. The third kappa shape index (κ3) is 4.27. The zero-order valence-corrected chi connectivity index (χ0v) is 15.8. The molecule has 1 aliphatic heterocycles. The van der Waals surface area contributed by atoms with Gasteiger partial charge in [-0.15, -0.1) is 0 Å². The third-order valence-corrected chi connectivity index (χ3v) is 4.37. The lowest BCUT2D eigenvalue weighted by atomic mass is 10.1. The summed E-state index contributed by atoms with van der Waals surface area (Å²) in [6, 6.07) is 6.10. The summed E-state index contributed by atoms with van der Waals surface area (Å²) in [6.07, 6.45) is 9.89. The Morgan fingerprint density at radius 3 is 2.93 bits per heavy atom. The van der Waals surface area contributed by atoms with Crippen LogP contribution in [0.15, 0.2) is 72.7 Å². The number of halogens is 1. The van der Waals surface area contributed by atoms with Crippen LogP contribution in [0, 0.1) is 5.82 Å². The Morgan fingerprint density at radius 2 is 2.20 bits per heavy atom. The van der Waals surface area contributed by atoms with Gasteiger partial charge in [0.2, 0.25) is 0 Å². The van der Waals surface area contributed by atoms with E-state index in [4.69, 9.17) is 5.73 Å². The molecular weight excluding hydrogens is 387 g/mol. The van der Waals surface area contributed by atoms with E-state index < -0.39 is 11.7 Å². The number of allylic oxidation sites excluding steroid dienone is 1. The van der Waals surface area contributed by atoms with E-state index >= 15 is 0 Å². The van der Waals surface area contributed by atoms with Crippen molar-refractivity contribution in [3.8, 4) is 5.82 Å². The minimum atomic E-state index is -0.452.